The van der Waals surface area contributed by atoms with Gasteiger partial charge in [0, 0.05) is 12.3 Å². The molecule has 1 fully saturated rings. The molecule has 4 nitrogen and oxygen atoms in total. The Kier molecular flexibility index (Phi) is 4.93. The first kappa shape index (κ1) is 16.7. The molecule has 1 heterocycles. The topological polar surface area (TPSA) is 66.8 Å². The van der Waals surface area contributed by atoms with Crippen LogP contribution < -0.4 is 0 Å². The van der Waals surface area contributed by atoms with E-state index in [-0.39, 0.29) is 30.5 Å². The number of hydrogen-bond acceptors (Lipinski definition) is 4. The van der Waals surface area contributed by atoms with E-state index in [0.717, 1.165) is 19.3 Å². The minimum atomic E-state index is -0.568. The molecule has 2 N–H and O–H groups in total. The standard InChI is InChI=1S/C19H28O4/c1-11-7-13-4-3-12(2)16(19(13)17(21)8-11)6-5-15-9-14(20)10-18(22)23-15/h3-4,7,11-12,14-17,19-21H,5-6,8-10H2,1-2H3/t11-,12-,14+,15+,16-,17-,19-/m0/s1. The van der Waals surface area contributed by atoms with Crippen molar-refractivity contribution in [1.29, 1.82) is 0 Å². The molecule has 3 aliphatic rings. The van der Waals surface area contributed by atoms with Crippen LogP contribution in [0.25, 0.3) is 0 Å². The van der Waals surface area contributed by atoms with E-state index in [2.05, 4.69) is 32.1 Å². The highest BCUT2D eigenvalue weighted by atomic mass is 16.5. The first-order valence-electron chi connectivity index (χ1n) is 8.89. The van der Waals surface area contributed by atoms with Crippen molar-refractivity contribution >= 4 is 5.97 Å². The zero-order valence-corrected chi connectivity index (χ0v) is 14.0. The van der Waals surface area contributed by atoms with Gasteiger partial charge in [0.05, 0.1) is 18.6 Å². The molecule has 3 rings (SSSR count). The fourth-order valence-electron chi connectivity index (χ4n) is 4.55. The molecule has 7 atom stereocenters. The summed E-state index contributed by atoms with van der Waals surface area (Å²) in [7, 11) is 0. The lowest BCUT2D eigenvalue weighted by Gasteiger charge is -2.42. The van der Waals surface area contributed by atoms with Gasteiger partial charge >= 0.3 is 5.97 Å². The maximum absolute atomic E-state index is 11.5. The second kappa shape index (κ2) is 6.78. The Balaban J connectivity index is 1.67. The van der Waals surface area contributed by atoms with Crippen molar-refractivity contribution < 1.29 is 19.7 Å². The molecule has 23 heavy (non-hydrogen) atoms. The number of rotatable bonds is 3. The fraction of sp³-hybridized carbons (Fsp3) is 0.737. The van der Waals surface area contributed by atoms with Crippen molar-refractivity contribution in [2.75, 3.05) is 0 Å². The normalized spacial score (nSPS) is 43.6. The van der Waals surface area contributed by atoms with Gasteiger partial charge in [0.25, 0.3) is 0 Å². The van der Waals surface area contributed by atoms with Crippen molar-refractivity contribution in [2.24, 2.45) is 23.7 Å². The average Bonchev–Trinajstić information content (AvgIpc) is 2.45. The molecule has 0 aromatic heterocycles. The molecule has 1 saturated heterocycles. The number of fused-ring (bicyclic) bond motifs is 1. The molecule has 128 valence electrons. The first-order valence-corrected chi connectivity index (χ1v) is 8.89. The van der Waals surface area contributed by atoms with Gasteiger partial charge in [-0.1, -0.05) is 32.1 Å². The van der Waals surface area contributed by atoms with Gasteiger partial charge in [-0.25, -0.2) is 0 Å². The molecule has 1 aliphatic heterocycles. The Morgan fingerprint density at radius 2 is 2.00 bits per heavy atom. The van der Waals surface area contributed by atoms with Crippen LogP contribution in [0.1, 0.15) is 46.0 Å². The van der Waals surface area contributed by atoms with Gasteiger partial charge < -0.3 is 14.9 Å². The van der Waals surface area contributed by atoms with E-state index in [1.807, 2.05) is 0 Å². The smallest absolute Gasteiger partial charge is 0.308 e. The summed E-state index contributed by atoms with van der Waals surface area (Å²) in [6.07, 6.45) is 8.80. The zero-order valence-electron chi connectivity index (χ0n) is 14.0. The highest BCUT2D eigenvalue weighted by molar-refractivity contribution is 5.70. The highest BCUT2D eigenvalue weighted by Gasteiger charge is 2.39. The second-order valence-electron chi connectivity index (χ2n) is 7.64. The van der Waals surface area contributed by atoms with Gasteiger partial charge in [0.1, 0.15) is 6.10 Å². The monoisotopic (exact) mass is 320 g/mol. The third kappa shape index (κ3) is 3.69. The van der Waals surface area contributed by atoms with Crippen molar-refractivity contribution in [2.45, 2.75) is 64.3 Å². The van der Waals surface area contributed by atoms with Gasteiger partial charge in [0.15, 0.2) is 0 Å². The Hall–Kier alpha value is -1.13. The van der Waals surface area contributed by atoms with Crippen molar-refractivity contribution in [3.63, 3.8) is 0 Å². The minimum Gasteiger partial charge on any atom is -0.462 e. The molecular formula is C19H28O4. The van der Waals surface area contributed by atoms with E-state index in [4.69, 9.17) is 4.74 Å². The Labute approximate surface area is 138 Å². The van der Waals surface area contributed by atoms with Crippen LogP contribution in [0.2, 0.25) is 0 Å². The SMILES string of the molecule is C[C@H]1C=C2C=C[C@H](C)[C@H](CC[C@@H]3C[C@@H](O)CC(=O)O3)[C@H]2[C@@H](O)C1. The van der Waals surface area contributed by atoms with Crippen LogP contribution in [0, 0.1) is 23.7 Å². The molecule has 0 bridgehead atoms. The predicted molar refractivity (Wildman–Crippen MR) is 87.5 cm³/mol. The molecule has 0 aromatic carbocycles. The highest BCUT2D eigenvalue weighted by Crippen LogP contribution is 2.43. The molecule has 0 unspecified atom stereocenters. The van der Waals surface area contributed by atoms with Gasteiger partial charge in [-0.3, -0.25) is 4.79 Å². The number of hydrogen-bond donors (Lipinski definition) is 2. The van der Waals surface area contributed by atoms with E-state index in [1.54, 1.807) is 0 Å². The second-order valence-corrected chi connectivity index (χ2v) is 7.64. The number of ether oxygens (including phenoxy) is 1. The zero-order chi connectivity index (χ0) is 16.6. The summed E-state index contributed by atoms with van der Waals surface area (Å²) >= 11 is 0. The fourth-order valence-corrected chi connectivity index (χ4v) is 4.55. The van der Waals surface area contributed by atoms with Gasteiger partial charge in [-0.2, -0.15) is 0 Å². The third-order valence-corrected chi connectivity index (χ3v) is 5.68. The lowest BCUT2D eigenvalue weighted by Crippen LogP contribution is -2.39. The molecule has 0 amide bonds. The summed E-state index contributed by atoms with van der Waals surface area (Å²) in [4.78, 5) is 11.5. The number of carbonyl (C=O) groups excluding carboxylic acids is 1. The van der Waals surface area contributed by atoms with E-state index in [9.17, 15) is 15.0 Å². The van der Waals surface area contributed by atoms with Gasteiger partial charge in [-0.15, -0.1) is 0 Å². The molecule has 0 saturated carbocycles. The first-order chi connectivity index (χ1) is 10.9. The molecular weight excluding hydrogens is 292 g/mol. The van der Waals surface area contributed by atoms with Crippen LogP contribution in [0.15, 0.2) is 23.8 Å². The van der Waals surface area contributed by atoms with Crippen LogP contribution >= 0.6 is 0 Å². The van der Waals surface area contributed by atoms with Gasteiger partial charge in [0.2, 0.25) is 0 Å². The van der Waals surface area contributed by atoms with E-state index >= 15 is 0 Å². The summed E-state index contributed by atoms with van der Waals surface area (Å²) in [6.45, 7) is 4.35. The van der Waals surface area contributed by atoms with E-state index in [1.165, 1.54) is 5.57 Å². The number of aliphatic hydroxyl groups excluding tert-OH is 2. The van der Waals surface area contributed by atoms with Crippen molar-refractivity contribution in [1.82, 2.24) is 0 Å². The summed E-state index contributed by atoms with van der Waals surface area (Å²) in [6, 6.07) is 0. The number of cyclic esters (lactones) is 1. The quantitative estimate of drug-likeness (QED) is 0.785. The van der Waals surface area contributed by atoms with Crippen molar-refractivity contribution in [3.05, 3.63) is 23.8 Å². The summed E-state index contributed by atoms with van der Waals surface area (Å²) < 4.78 is 5.37. The van der Waals surface area contributed by atoms with Crippen LogP contribution in [-0.4, -0.2) is 34.5 Å². The van der Waals surface area contributed by atoms with Crippen molar-refractivity contribution in [3.8, 4) is 0 Å². The number of allylic oxidation sites excluding steroid dienone is 3. The van der Waals surface area contributed by atoms with Crippen LogP contribution in [-0.2, 0) is 9.53 Å². The van der Waals surface area contributed by atoms with E-state index < -0.39 is 6.10 Å². The lowest BCUT2D eigenvalue weighted by molar-refractivity contribution is -0.160. The molecule has 4 heteroatoms. The maximum Gasteiger partial charge on any atom is 0.308 e. The van der Waals surface area contributed by atoms with Gasteiger partial charge in [-0.05, 0) is 42.6 Å². The molecule has 0 aromatic rings. The minimum absolute atomic E-state index is 0.116. The van der Waals surface area contributed by atoms with E-state index in [0.29, 0.717) is 24.2 Å². The Bertz CT molecular complexity index is 509. The summed E-state index contributed by atoms with van der Waals surface area (Å²) in [5.74, 6) is 1.09. The lowest BCUT2D eigenvalue weighted by atomic mass is 9.65. The molecule has 0 radical (unpaired) electrons. The maximum atomic E-state index is 11.5. The summed E-state index contributed by atoms with van der Waals surface area (Å²) in [5.41, 5.74) is 1.26. The van der Waals surface area contributed by atoms with Crippen LogP contribution in [0.5, 0.6) is 0 Å². The van der Waals surface area contributed by atoms with Crippen LogP contribution in [0.4, 0.5) is 0 Å². The number of esters is 1. The predicted octanol–water partition coefficient (Wildman–Crippen LogP) is 2.60. The number of carbonyl (C=O) groups is 1. The Morgan fingerprint density at radius 1 is 1.22 bits per heavy atom. The number of aliphatic hydroxyl groups is 2. The van der Waals surface area contributed by atoms with Crippen LogP contribution in [0.3, 0.4) is 0 Å². The Morgan fingerprint density at radius 3 is 2.74 bits per heavy atom. The molecule has 0 spiro atoms. The summed E-state index contributed by atoms with van der Waals surface area (Å²) in [5, 5.41) is 20.3. The third-order valence-electron chi connectivity index (χ3n) is 5.68. The molecule has 2 aliphatic carbocycles. The average molecular weight is 320 g/mol. The largest absolute Gasteiger partial charge is 0.462 e.